The second kappa shape index (κ2) is 8.90. The predicted molar refractivity (Wildman–Crippen MR) is 161 cm³/mol. The van der Waals surface area contributed by atoms with Gasteiger partial charge in [0.25, 0.3) is 0 Å². The summed E-state index contributed by atoms with van der Waals surface area (Å²) in [7, 11) is -3.78. The van der Waals surface area contributed by atoms with Gasteiger partial charge in [-0.2, -0.15) is 0 Å². The minimum Gasteiger partial charge on any atom is -0.325 e. The topological polar surface area (TPSA) is 92.3 Å². The Labute approximate surface area is 243 Å². The van der Waals surface area contributed by atoms with Crippen molar-refractivity contribution >= 4 is 33.0 Å². The van der Waals surface area contributed by atoms with Crippen molar-refractivity contribution in [1.82, 2.24) is 0 Å². The summed E-state index contributed by atoms with van der Waals surface area (Å²) in [5.74, 6) is 0.830. The number of anilines is 2. The van der Waals surface area contributed by atoms with Crippen molar-refractivity contribution < 1.29 is 18.0 Å². The second-order valence-corrected chi connectivity index (χ2v) is 15.9. The summed E-state index contributed by atoms with van der Waals surface area (Å²) in [6, 6.07) is 12.6. The molecule has 6 rings (SSSR count). The lowest BCUT2D eigenvalue weighted by Gasteiger charge is -2.37. The van der Waals surface area contributed by atoms with Gasteiger partial charge in [-0.3, -0.25) is 9.59 Å². The number of fused-ring (bicyclic) bond motifs is 4. The van der Waals surface area contributed by atoms with Crippen LogP contribution in [0.2, 0.25) is 0 Å². The van der Waals surface area contributed by atoms with Crippen LogP contribution in [0.4, 0.5) is 11.4 Å². The minimum atomic E-state index is -3.78. The average molecular weight is 573 g/mol. The monoisotopic (exact) mass is 572 g/mol. The Morgan fingerprint density at radius 2 is 1.02 bits per heavy atom. The van der Waals surface area contributed by atoms with Crippen LogP contribution in [0.5, 0.6) is 0 Å². The quantitative estimate of drug-likeness (QED) is 0.359. The fraction of sp³-hybridized carbons (Fsp3) is 0.471. The van der Waals surface area contributed by atoms with Gasteiger partial charge < -0.3 is 10.6 Å². The molecule has 4 atom stereocenters. The molecule has 4 unspecified atom stereocenters. The standard InChI is InChI=1S/C34H40N2O4S/c1-21-31(3,4)23-15-17-33(21,19-23)29(37)35-25-7-11-27(12-8-25)41(39,40)28-13-9-26(10-14-28)36-30(38)34-18-16-24(20-34)32(5,6)22(34)2/h7-14,23-24H,1-2,15-20H2,3-6H3,(H,35,37)(H,36,38). The van der Waals surface area contributed by atoms with E-state index >= 15 is 0 Å². The van der Waals surface area contributed by atoms with Crippen LogP contribution in [0.3, 0.4) is 0 Å². The lowest BCUT2D eigenvalue weighted by atomic mass is 9.68. The number of carbonyl (C=O) groups is 2. The van der Waals surface area contributed by atoms with Crippen molar-refractivity contribution in [3.05, 3.63) is 72.8 Å². The van der Waals surface area contributed by atoms with Crippen molar-refractivity contribution in [2.45, 2.75) is 76.0 Å². The first-order valence-electron chi connectivity index (χ1n) is 14.6. The van der Waals surface area contributed by atoms with Crippen molar-refractivity contribution in [3.8, 4) is 0 Å². The van der Waals surface area contributed by atoms with E-state index in [9.17, 15) is 18.0 Å². The van der Waals surface area contributed by atoms with Gasteiger partial charge in [-0.1, -0.05) is 52.0 Å². The molecule has 0 aliphatic heterocycles. The summed E-state index contributed by atoms with van der Waals surface area (Å²) in [5.41, 5.74) is 1.94. The highest BCUT2D eigenvalue weighted by Gasteiger charge is 2.62. The maximum absolute atomic E-state index is 13.4. The van der Waals surface area contributed by atoms with E-state index in [1.165, 1.54) is 24.3 Å². The van der Waals surface area contributed by atoms with E-state index in [-0.39, 0.29) is 32.4 Å². The fourth-order valence-corrected chi connectivity index (χ4v) is 9.62. The number of rotatable bonds is 6. The van der Waals surface area contributed by atoms with E-state index in [0.29, 0.717) is 23.2 Å². The Bertz CT molecular complexity index is 1470. The number of nitrogens with one attached hydrogen (secondary N) is 2. The van der Waals surface area contributed by atoms with E-state index in [1.807, 2.05) is 0 Å². The normalized spacial score (nSPS) is 30.9. The second-order valence-electron chi connectivity index (χ2n) is 13.9. The Hall–Kier alpha value is -3.19. The van der Waals surface area contributed by atoms with Crippen LogP contribution in [-0.2, 0) is 19.4 Å². The number of hydrogen-bond donors (Lipinski definition) is 2. The molecule has 216 valence electrons. The lowest BCUT2D eigenvalue weighted by molar-refractivity contribution is -0.124. The molecule has 4 fully saturated rings. The molecule has 4 bridgehead atoms. The molecule has 6 nitrogen and oxygen atoms in total. The Kier molecular flexibility index (Phi) is 6.07. The highest BCUT2D eigenvalue weighted by molar-refractivity contribution is 7.91. The summed E-state index contributed by atoms with van der Waals surface area (Å²) < 4.78 is 26.7. The van der Waals surface area contributed by atoms with Gasteiger partial charge in [0.05, 0.1) is 20.6 Å². The molecule has 0 aromatic heterocycles. The minimum absolute atomic E-state index is 0.0484. The van der Waals surface area contributed by atoms with Crippen LogP contribution >= 0.6 is 0 Å². The fourth-order valence-electron chi connectivity index (χ4n) is 8.36. The number of benzene rings is 2. The summed E-state index contributed by atoms with van der Waals surface area (Å²) in [6.45, 7) is 17.3. The Morgan fingerprint density at radius 1 is 0.683 bits per heavy atom. The van der Waals surface area contributed by atoms with Gasteiger partial charge >= 0.3 is 0 Å². The van der Waals surface area contributed by atoms with E-state index in [4.69, 9.17) is 0 Å². The predicted octanol–water partition coefficient (Wildman–Crippen LogP) is 7.16. The van der Waals surface area contributed by atoms with Crippen LogP contribution in [-0.4, -0.2) is 20.2 Å². The van der Waals surface area contributed by atoms with Gasteiger partial charge in [0, 0.05) is 11.4 Å². The molecular formula is C34H40N2O4S. The summed E-state index contributed by atoms with van der Waals surface area (Å²) in [5, 5.41) is 6.03. The van der Waals surface area contributed by atoms with Crippen LogP contribution in [0, 0.1) is 33.5 Å². The molecule has 2 aromatic carbocycles. The van der Waals surface area contributed by atoms with E-state index < -0.39 is 20.7 Å². The molecule has 41 heavy (non-hydrogen) atoms. The Morgan fingerprint density at radius 3 is 1.32 bits per heavy atom. The zero-order valence-corrected chi connectivity index (χ0v) is 25.3. The molecule has 0 spiro atoms. The van der Waals surface area contributed by atoms with Gasteiger partial charge in [-0.25, -0.2) is 8.42 Å². The summed E-state index contributed by atoms with van der Waals surface area (Å²) >= 11 is 0. The van der Waals surface area contributed by atoms with E-state index in [2.05, 4.69) is 51.5 Å². The van der Waals surface area contributed by atoms with Gasteiger partial charge in [0.1, 0.15) is 0 Å². The molecule has 0 heterocycles. The lowest BCUT2D eigenvalue weighted by Crippen LogP contribution is -2.37. The van der Waals surface area contributed by atoms with Crippen LogP contribution in [0.1, 0.15) is 66.2 Å². The maximum atomic E-state index is 13.4. The average Bonchev–Trinajstić information content (AvgIpc) is 3.67. The highest BCUT2D eigenvalue weighted by atomic mass is 32.2. The van der Waals surface area contributed by atoms with Crippen LogP contribution in [0.25, 0.3) is 0 Å². The van der Waals surface area contributed by atoms with Crippen LogP contribution < -0.4 is 10.6 Å². The SMILES string of the molecule is C=C1C2(C(=O)Nc3ccc(S(=O)(=O)c4ccc(NC(=O)C56CCC(C5)C(C)(C)C6=C)cc4)cc3)CCC(C2)C1(C)C. The third kappa shape index (κ3) is 3.91. The molecule has 2 N–H and O–H groups in total. The van der Waals surface area contributed by atoms with E-state index in [1.54, 1.807) is 24.3 Å². The molecule has 0 saturated heterocycles. The molecule has 4 aliphatic carbocycles. The molecule has 4 aliphatic rings. The largest absolute Gasteiger partial charge is 0.325 e. The van der Waals surface area contributed by atoms with Crippen LogP contribution in [0.15, 0.2) is 82.6 Å². The third-order valence-electron chi connectivity index (χ3n) is 11.5. The van der Waals surface area contributed by atoms with E-state index in [0.717, 1.165) is 49.7 Å². The molecule has 0 radical (unpaired) electrons. The van der Waals surface area contributed by atoms with Gasteiger partial charge in [0.2, 0.25) is 21.7 Å². The number of sulfone groups is 1. The molecule has 2 amide bonds. The zero-order valence-electron chi connectivity index (χ0n) is 24.5. The first-order valence-corrected chi connectivity index (χ1v) is 16.1. The van der Waals surface area contributed by atoms with Crippen molar-refractivity contribution in [2.75, 3.05) is 10.6 Å². The molecule has 2 aromatic rings. The van der Waals surface area contributed by atoms with Gasteiger partial charge in [-0.15, -0.1) is 0 Å². The maximum Gasteiger partial charge on any atom is 0.234 e. The zero-order chi connectivity index (χ0) is 29.6. The first-order chi connectivity index (χ1) is 19.1. The highest BCUT2D eigenvalue weighted by Crippen LogP contribution is 2.66. The number of amides is 2. The first kappa shape index (κ1) is 28.0. The smallest absolute Gasteiger partial charge is 0.234 e. The molecule has 7 heteroatoms. The van der Waals surface area contributed by atoms with Gasteiger partial charge in [0.15, 0.2) is 0 Å². The van der Waals surface area contributed by atoms with Gasteiger partial charge in [-0.05, 0) is 110 Å². The molecule has 4 saturated carbocycles. The summed E-state index contributed by atoms with van der Waals surface area (Å²) in [4.78, 5) is 27.0. The van der Waals surface area contributed by atoms with Crippen molar-refractivity contribution in [2.24, 2.45) is 33.5 Å². The number of carbonyl (C=O) groups excluding carboxylic acids is 2. The number of hydrogen-bond acceptors (Lipinski definition) is 4. The molecular weight excluding hydrogens is 532 g/mol. The van der Waals surface area contributed by atoms with Crippen molar-refractivity contribution in [3.63, 3.8) is 0 Å². The Balaban J connectivity index is 1.13. The van der Waals surface area contributed by atoms with Crippen molar-refractivity contribution in [1.29, 1.82) is 0 Å². The third-order valence-corrected chi connectivity index (χ3v) is 13.3. The summed E-state index contributed by atoms with van der Waals surface area (Å²) in [6.07, 6.45) is 5.30.